The topological polar surface area (TPSA) is 56.7 Å². The number of imidazole rings is 1. The van der Waals surface area contributed by atoms with E-state index in [2.05, 4.69) is 166 Å². The maximum atomic E-state index is 6.45. The van der Waals surface area contributed by atoms with Crippen molar-refractivity contribution >= 4 is 67.9 Å². The van der Waals surface area contributed by atoms with Gasteiger partial charge in [-0.05, 0) is 82.0 Å². The number of nitrogens with zero attached hydrogens (tertiary/aromatic N) is 4. The molecule has 4 aromatic heterocycles. The van der Waals surface area contributed by atoms with Crippen molar-refractivity contribution in [3.8, 4) is 28.3 Å². The van der Waals surface area contributed by atoms with Crippen molar-refractivity contribution < 1.29 is 24.5 Å². The van der Waals surface area contributed by atoms with Crippen LogP contribution in [0.25, 0.3) is 83.0 Å². The summed E-state index contributed by atoms with van der Waals surface area (Å²) in [5.74, 6) is 1.80. The van der Waals surface area contributed by atoms with E-state index in [0.717, 1.165) is 73.8 Å². The molecular formula is C55H52IrN4OSi-2. The summed E-state index contributed by atoms with van der Waals surface area (Å²) in [6.07, 6.45) is 4.50. The number of benzene rings is 6. The number of rotatable bonds is 8. The Hall–Kier alpha value is -5.72. The second kappa shape index (κ2) is 17.6. The number of aryl methyl sites for hydroxylation is 1. The van der Waals surface area contributed by atoms with Crippen LogP contribution in [-0.2, 0) is 26.5 Å². The van der Waals surface area contributed by atoms with Gasteiger partial charge in [0.1, 0.15) is 0 Å². The van der Waals surface area contributed by atoms with Crippen molar-refractivity contribution in [3.63, 3.8) is 0 Å². The van der Waals surface area contributed by atoms with Crippen LogP contribution in [0.5, 0.6) is 0 Å². The molecule has 10 aromatic rings. The Labute approximate surface area is 379 Å². The maximum Gasteiger partial charge on any atom is 0.216 e. The van der Waals surface area contributed by atoms with Crippen LogP contribution in [0.15, 0.2) is 138 Å². The van der Waals surface area contributed by atoms with Gasteiger partial charge in [-0.3, -0.25) is 4.98 Å². The van der Waals surface area contributed by atoms with E-state index < -0.39 is 8.07 Å². The molecule has 0 fully saturated rings. The largest absolute Gasteiger partial charge is 0.486 e. The number of aromatic nitrogens is 4. The first-order valence-electron chi connectivity index (χ1n) is 21.6. The molecule has 0 saturated carbocycles. The Kier molecular flexibility index (Phi) is 12.2. The number of para-hydroxylation sites is 2. The second-order valence-electron chi connectivity index (χ2n) is 17.7. The van der Waals surface area contributed by atoms with Gasteiger partial charge in [-0.1, -0.05) is 137 Å². The standard InChI is InChI=1S/C36H26N3O.C19H26NSi.Ir/c1-21(2)32-25-13-6-4-11-23(25)24-12-5-7-14-26(24)33(32)39-31-18-9-8-17-30(31)38-35(39)29-16-10-15-27-28-20-19-22(3)37-36(28)40-34(27)29;1-6-15(2)12-17-13-18(16-10-8-7-9-11-16)20-14-19(17)21(3,4)5;/h4-15,17-21H,1-3H3;7-10,13-15H,6,12H2,1-5H3;/q2*-1;. The second-order valence-corrected chi connectivity index (χ2v) is 22.8. The molecule has 4 heterocycles. The van der Waals surface area contributed by atoms with Gasteiger partial charge in [0.05, 0.1) is 36.2 Å². The number of furan rings is 1. The molecule has 0 N–H and O–H groups in total. The molecule has 62 heavy (non-hydrogen) atoms. The molecule has 7 heteroatoms. The zero-order valence-corrected chi connectivity index (χ0v) is 40.2. The van der Waals surface area contributed by atoms with Crippen molar-refractivity contribution in [1.82, 2.24) is 19.5 Å². The third-order valence-electron chi connectivity index (χ3n) is 12.0. The van der Waals surface area contributed by atoms with E-state index in [0.29, 0.717) is 5.71 Å². The maximum absolute atomic E-state index is 6.45. The molecule has 0 bridgehead atoms. The van der Waals surface area contributed by atoms with Gasteiger partial charge in [0.15, 0.2) is 0 Å². The summed E-state index contributed by atoms with van der Waals surface area (Å²) in [4.78, 5) is 14.6. The van der Waals surface area contributed by atoms with Crippen LogP contribution in [-0.4, -0.2) is 27.6 Å². The average Bonchev–Trinajstić information content (AvgIpc) is 3.84. The van der Waals surface area contributed by atoms with Gasteiger partial charge >= 0.3 is 0 Å². The summed E-state index contributed by atoms with van der Waals surface area (Å²) < 4.78 is 8.78. The fourth-order valence-electron chi connectivity index (χ4n) is 8.84. The molecule has 10 rings (SSSR count). The quantitative estimate of drug-likeness (QED) is 0.0865. The zero-order valence-electron chi connectivity index (χ0n) is 36.8. The molecule has 313 valence electrons. The summed E-state index contributed by atoms with van der Waals surface area (Å²) in [6.45, 7) is 18.3. The van der Waals surface area contributed by atoms with Crippen molar-refractivity contribution in [2.24, 2.45) is 5.92 Å². The minimum absolute atomic E-state index is 0. The molecule has 0 spiro atoms. The Bertz CT molecular complexity index is 3220. The van der Waals surface area contributed by atoms with E-state index in [1.54, 1.807) is 0 Å². The van der Waals surface area contributed by atoms with E-state index >= 15 is 0 Å². The predicted octanol–water partition coefficient (Wildman–Crippen LogP) is 14.2. The van der Waals surface area contributed by atoms with Crippen molar-refractivity contribution in [1.29, 1.82) is 0 Å². The van der Waals surface area contributed by atoms with Crippen molar-refractivity contribution in [2.45, 2.75) is 73.0 Å². The third-order valence-corrected chi connectivity index (χ3v) is 14.1. The summed E-state index contributed by atoms with van der Waals surface area (Å²) in [5.41, 5.74) is 11.2. The van der Waals surface area contributed by atoms with Crippen molar-refractivity contribution in [2.75, 3.05) is 0 Å². The van der Waals surface area contributed by atoms with Gasteiger partial charge < -0.3 is 14.0 Å². The van der Waals surface area contributed by atoms with E-state index in [4.69, 9.17) is 14.4 Å². The zero-order chi connectivity index (χ0) is 42.4. The molecule has 0 amide bonds. The Morgan fingerprint density at radius 2 is 1.40 bits per heavy atom. The fourth-order valence-corrected chi connectivity index (χ4v) is 10.4. The minimum atomic E-state index is -1.35. The van der Waals surface area contributed by atoms with Crippen LogP contribution in [0.2, 0.25) is 19.6 Å². The number of hydrogen-bond acceptors (Lipinski definition) is 4. The van der Waals surface area contributed by atoms with E-state index in [1.165, 1.54) is 44.3 Å². The molecule has 1 atom stereocenters. The number of pyridine rings is 2. The molecule has 6 aromatic carbocycles. The summed E-state index contributed by atoms with van der Waals surface area (Å²) in [6, 6.07) is 51.1. The monoisotopic (exact) mass is 1010 g/mol. The first-order chi connectivity index (χ1) is 29.5. The molecule has 0 aliphatic carbocycles. The van der Waals surface area contributed by atoms with Crippen LogP contribution in [0, 0.1) is 25.0 Å². The molecular weight excluding hydrogens is 953 g/mol. The van der Waals surface area contributed by atoms with Crippen LogP contribution >= 0.6 is 0 Å². The van der Waals surface area contributed by atoms with Gasteiger partial charge in [-0.25, -0.2) is 4.98 Å². The predicted molar refractivity (Wildman–Crippen MR) is 259 cm³/mol. The van der Waals surface area contributed by atoms with E-state index in [9.17, 15) is 0 Å². The van der Waals surface area contributed by atoms with E-state index in [1.807, 2.05) is 43.3 Å². The number of hydrogen-bond donors (Lipinski definition) is 0. The van der Waals surface area contributed by atoms with E-state index in [-0.39, 0.29) is 26.0 Å². The molecule has 5 nitrogen and oxygen atoms in total. The molecule has 1 unspecified atom stereocenters. The van der Waals surface area contributed by atoms with Gasteiger partial charge in [0, 0.05) is 42.8 Å². The SMILES string of the molecule is CCC(C)Cc1cc(-c2[c-]cccc2)ncc1[Si](C)(C)C.Cc1ccc2c(n1)oc1c(-c3nc4ccccc4n3-c3c(C(C)C)c4ccccc4c4ccccc34)[c-]ccc12.[Ir]. The fraction of sp³-hybridized carbons (Fsp3) is 0.218. The number of fused-ring (bicyclic) bond motifs is 7. The third kappa shape index (κ3) is 7.94. The Morgan fingerprint density at radius 3 is 2.11 bits per heavy atom. The van der Waals surface area contributed by atoms with Gasteiger partial charge in [0.2, 0.25) is 5.71 Å². The van der Waals surface area contributed by atoms with Crippen LogP contribution < -0.4 is 5.19 Å². The van der Waals surface area contributed by atoms with Gasteiger partial charge in [0.25, 0.3) is 0 Å². The minimum Gasteiger partial charge on any atom is -0.486 e. The average molecular weight is 1010 g/mol. The van der Waals surface area contributed by atoms with Crippen LogP contribution in [0.4, 0.5) is 0 Å². The Balaban J connectivity index is 0.000000205. The summed E-state index contributed by atoms with van der Waals surface area (Å²) >= 11 is 0. The molecule has 0 aliphatic rings. The first kappa shape index (κ1) is 42.9. The Morgan fingerprint density at radius 1 is 0.710 bits per heavy atom. The molecule has 1 radical (unpaired) electrons. The molecule has 0 saturated heterocycles. The van der Waals surface area contributed by atoms with Crippen LogP contribution in [0.3, 0.4) is 0 Å². The normalized spacial score (nSPS) is 12.3. The van der Waals surface area contributed by atoms with Gasteiger partial charge in [-0.2, -0.15) is 0 Å². The summed E-state index contributed by atoms with van der Waals surface area (Å²) in [7, 11) is -1.35. The van der Waals surface area contributed by atoms with Crippen LogP contribution in [0.1, 0.15) is 56.9 Å². The van der Waals surface area contributed by atoms with Crippen molar-refractivity contribution in [3.05, 3.63) is 163 Å². The summed E-state index contributed by atoms with van der Waals surface area (Å²) in [5, 5.41) is 8.47. The first-order valence-corrected chi connectivity index (χ1v) is 25.1. The smallest absolute Gasteiger partial charge is 0.216 e. The van der Waals surface area contributed by atoms with Gasteiger partial charge in [-0.15, -0.1) is 54.1 Å². The molecule has 0 aliphatic heterocycles.